The van der Waals surface area contributed by atoms with Crippen molar-refractivity contribution >= 4 is 11.6 Å². The van der Waals surface area contributed by atoms with E-state index in [-0.39, 0.29) is 12.4 Å². The summed E-state index contributed by atoms with van der Waals surface area (Å²) in [6, 6.07) is 9.04. The van der Waals surface area contributed by atoms with Gasteiger partial charge in [-0.05, 0) is 36.4 Å². The van der Waals surface area contributed by atoms with Crippen LogP contribution < -0.4 is 10.1 Å². The first-order valence-electron chi connectivity index (χ1n) is 6.66. The van der Waals surface area contributed by atoms with Gasteiger partial charge in [-0.15, -0.1) is 0 Å². The van der Waals surface area contributed by atoms with E-state index in [9.17, 15) is 8.78 Å². The lowest BCUT2D eigenvalue weighted by molar-refractivity contribution is 0.284. The van der Waals surface area contributed by atoms with E-state index in [0.717, 1.165) is 12.1 Å². The molecule has 0 aliphatic carbocycles. The third-order valence-electron chi connectivity index (χ3n) is 2.97. The van der Waals surface area contributed by atoms with Gasteiger partial charge < -0.3 is 10.1 Å². The van der Waals surface area contributed by atoms with Crippen LogP contribution in [0.2, 0.25) is 5.02 Å². The molecule has 2 aromatic rings. The van der Waals surface area contributed by atoms with Crippen LogP contribution in [0.5, 0.6) is 5.75 Å². The molecular formula is C16H16ClF2NO. The molecule has 0 spiro atoms. The second-order valence-corrected chi connectivity index (χ2v) is 5.01. The molecule has 0 heterocycles. The van der Waals surface area contributed by atoms with Gasteiger partial charge in [0.1, 0.15) is 12.4 Å². The fraction of sp³-hybridized carbons (Fsp3) is 0.250. The van der Waals surface area contributed by atoms with Crippen molar-refractivity contribution in [3.05, 3.63) is 64.2 Å². The molecule has 0 unspecified atom stereocenters. The molecule has 0 aliphatic rings. The predicted molar refractivity (Wildman–Crippen MR) is 79.5 cm³/mol. The zero-order chi connectivity index (χ0) is 15.2. The Morgan fingerprint density at radius 3 is 2.57 bits per heavy atom. The van der Waals surface area contributed by atoms with Crippen LogP contribution in [-0.2, 0) is 13.2 Å². The average molecular weight is 312 g/mol. The van der Waals surface area contributed by atoms with Gasteiger partial charge >= 0.3 is 0 Å². The van der Waals surface area contributed by atoms with E-state index >= 15 is 0 Å². The third kappa shape index (κ3) is 4.41. The van der Waals surface area contributed by atoms with Gasteiger partial charge in [-0.3, -0.25) is 0 Å². The number of nitrogens with one attached hydrogen (secondary N) is 1. The molecule has 0 aromatic heterocycles. The molecule has 21 heavy (non-hydrogen) atoms. The van der Waals surface area contributed by atoms with Crippen LogP contribution in [0.1, 0.15) is 18.1 Å². The standard InChI is InChI=1S/C16H16ClF2NO/c1-2-20-9-11-3-6-16(15(19)7-11)21-10-12-4-5-13(17)8-14(12)18/h3-8,20H,2,9-10H2,1H3. The fourth-order valence-corrected chi connectivity index (χ4v) is 1.99. The molecule has 112 valence electrons. The molecule has 0 radical (unpaired) electrons. The molecule has 2 rings (SSSR count). The maximum absolute atomic E-state index is 13.9. The Bertz CT molecular complexity index is 619. The van der Waals surface area contributed by atoms with Crippen molar-refractivity contribution in [2.75, 3.05) is 6.54 Å². The second kappa shape index (κ2) is 7.38. The minimum atomic E-state index is -0.466. The first-order valence-corrected chi connectivity index (χ1v) is 7.04. The Morgan fingerprint density at radius 1 is 1.10 bits per heavy atom. The third-order valence-corrected chi connectivity index (χ3v) is 3.21. The topological polar surface area (TPSA) is 21.3 Å². The van der Waals surface area contributed by atoms with Crippen LogP contribution >= 0.6 is 11.6 Å². The number of hydrogen-bond donors (Lipinski definition) is 1. The molecule has 0 fully saturated rings. The number of hydrogen-bond acceptors (Lipinski definition) is 2. The van der Waals surface area contributed by atoms with E-state index in [4.69, 9.17) is 16.3 Å². The molecule has 0 saturated heterocycles. The van der Waals surface area contributed by atoms with Crippen LogP contribution in [0.25, 0.3) is 0 Å². The summed E-state index contributed by atoms with van der Waals surface area (Å²) in [5.74, 6) is -0.823. The molecule has 5 heteroatoms. The van der Waals surface area contributed by atoms with Gasteiger partial charge in [-0.2, -0.15) is 0 Å². The lowest BCUT2D eigenvalue weighted by Crippen LogP contribution is -2.11. The summed E-state index contributed by atoms with van der Waals surface area (Å²) in [5, 5.41) is 3.43. The van der Waals surface area contributed by atoms with Crippen LogP contribution in [0.4, 0.5) is 8.78 Å². The van der Waals surface area contributed by atoms with Gasteiger partial charge in [0.15, 0.2) is 11.6 Å². The minimum absolute atomic E-state index is 0.0491. The van der Waals surface area contributed by atoms with Crippen molar-refractivity contribution in [2.24, 2.45) is 0 Å². The van der Waals surface area contributed by atoms with Crippen LogP contribution in [0.15, 0.2) is 36.4 Å². The number of rotatable bonds is 6. The minimum Gasteiger partial charge on any atom is -0.486 e. The summed E-state index contributed by atoms with van der Waals surface area (Å²) in [6.07, 6.45) is 0. The first-order chi connectivity index (χ1) is 10.1. The summed E-state index contributed by atoms with van der Waals surface area (Å²) in [7, 11) is 0. The normalized spacial score (nSPS) is 10.7. The van der Waals surface area contributed by atoms with E-state index < -0.39 is 11.6 Å². The van der Waals surface area contributed by atoms with Crippen molar-refractivity contribution < 1.29 is 13.5 Å². The highest BCUT2D eigenvalue weighted by Gasteiger charge is 2.08. The second-order valence-electron chi connectivity index (χ2n) is 4.57. The average Bonchev–Trinajstić information content (AvgIpc) is 2.45. The van der Waals surface area contributed by atoms with Crippen molar-refractivity contribution in [3.8, 4) is 5.75 Å². The van der Waals surface area contributed by atoms with Crippen LogP contribution in [0.3, 0.4) is 0 Å². The van der Waals surface area contributed by atoms with E-state index in [2.05, 4.69) is 5.32 Å². The van der Waals surface area contributed by atoms with Crippen molar-refractivity contribution in [1.29, 1.82) is 0 Å². The predicted octanol–water partition coefficient (Wildman–Crippen LogP) is 4.31. The van der Waals surface area contributed by atoms with Crippen molar-refractivity contribution in [1.82, 2.24) is 5.32 Å². The smallest absolute Gasteiger partial charge is 0.165 e. The monoisotopic (exact) mass is 311 g/mol. The Morgan fingerprint density at radius 2 is 1.90 bits per heavy atom. The fourth-order valence-electron chi connectivity index (χ4n) is 1.83. The molecule has 0 aliphatic heterocycles. The van der Waals surface area contributed by atoms with Crippen LogP contribution in [0, 0.1) is 11.6 Å². The van der Waals surface area contributed by atoms with Gasteiger partial charge in [0.2, 0.25) is 0 Å². The molecule has 0 amide bonds. The maximum atomic E-state index is 13.9. The molecule has 0 atom stereocenters. The quantitative estimate of drug-likeness (QED) is 0.858. The Labute approximate surface area is 127 Å². The summed E-state index contributed by atoms with van der Waals surface area (Å²) in [5.41, 5.74) is 1.16. The molecule has 0 bridgehead atoms. The highest BCUT2D eigenvalue weighted by molar-refractivity contribution is 6.30. The van der Waals surface area contributed by atoms with Gasteiger partial charge in [0.25, 0.3) is 0 Å². The zero-order valence-electron chi connectivity index (χ0n) is 11.6. The van der Waals surface area contributed by atoms with E-state index in [0.29, 0.717) is 17.1 Å². The summed E-state index contributed by atoms with van der Waals surface area (Å²) >= 11 is 5.67. The van der Waals surface area contributed by atoms with E-state index in [1.807, 2.05) is 6.92 Å². The molecule has 2 aromatic carbocycles. The molecule has 0 saturated carbocycles. The Balaban J connectivity index is 2.02. The Hall–Kier alpha value is -1.65. The van der Waals surface area contributed by atoms with Gasteiger partial charge in [0.05, 0.1) is 0 Å². The van der Waals surface area contributed by atoms with Gasteiger partial charge in [0, 0.05) is 17.1 Å². The molecule has 1 N–H and O–H groups in total. The lowest BCUT2D eigenvalue weighted by atomic mass is 10.2. The number of halogens is 3. The molecular weight excluding hydrogens is 296 g/mol. The summed E-state index contributed by atoms with van der Waals surface area (Å²) in [4.78, 5) is 0. The first kappa shape index (κ1) is 15.7. The highest BCUT2D eigenvalue weighted by atomic mass is 35.5. The molecule has 2 nitrogen and oxygen atoms in total. The largest absolute Gasteiger partial charge is 0.486 e. The number of benzene rings is 2. The highest BCUT2D eigenvalue weighted by Crippen LogP contribution is 2.21. The van der Waals surface area contributed by atoms with Crippen molar-refractivity contribution in [3.63, 3.8) is 0 Å². The van der Waals surface area contributed by atoms with Gasteiger partial charge in [-0.1, -0.05) is 30.7 Å². The SMILES string of the molecule is CCNCc1ccc(OCc2ccc(Cl)cc2F)c(F)c1. The summed E-state index contributed by atoms with van der Waals surface area (Å²) in [6.45, 7) is 3.34. The van der Waals surface area contributed by atoms with Crippen LogP contribution in [-0.4, -0.2) is 6.54 Å². The maximum Gasteiger partial charge on any atom is 0.165 e. The van der Waals surface area contributed by atoms with E-state index in [1.165, 1.54) is 18.2 Å². The summed E-state index contributed by atoms with van der Waals surface area (Å²) < 4.78 is 32.8. The lowest BCUT2D eigenvalue weighted by Gasteiger charge is -2.10. The van der Waals surface area contributed by atoms with Crippen molar-refractivity contribution in [2.45, 2.75) is 20.1 Å². The number of ether oxygens (including phenoxy) is 1. The zero-order valence-corrected chi connectivity index (χ0v) is 12.4. The Kier molecular flexibility index (Phi) is 5.53. The van der Waals surface area contributed by atoms with Gasteiger partial charge in [-0.25, -0.2) is 8.78 Å². The van der Waals surface area contributed by atoms with E-state index in [1.54, 1.807) is 18.2 Å².